The maximum atomic E-state index is 13.6. The van der Waals surface area contributed by atoms with Crippen LogP contribution in [0.5, 0.6) is 0 Å². The minimum Gasteiger partial charge on any atom is -0.456 e. The molecule has 134 valence electrons. The average molecular weight is 366 g/mol. The summed E-state index contributed by atoms with van der Waals surface area (Å²) in [6, 6.07) is 6.17. The summed E-state index contributed by atoms with van der Waals surface area (Å²) in [7, 11) is 1.51. The van der Waals surface area contributed by atoms with Gasteiger partial charge in [-0.25, -0.2) is 4.39 Å². The number of esters is 1. The zero-order valence-electron chi connectivity index (χ0n) is 14.0. The Morgan fingerprint density at radius 3 is 2.68 bits per heavy atom. The fourth-order valence-electron chi connectivity index (χ4n) is 2.17. The monoisotopic (exact) mass is 366 g/mol. The van der Waals surface area contributed by atoms with Crippen LogP contribution in [0.2, 0.25) is 0 Å². The van der Waals surface area contributed by atoms with Gasteiger partial charge in [0.1, 0.15) is 5.82 Å². The molecular weight excluding hydrogens is 347 g/mol. The highest BCUT2D eigenvalue weighted by Crippen LogP contribution is 2.09. The third-order valence-corrected chi connectivity index (χ3v) is 4.54. The average Bonchev–Trinajstić information content (AvgIpc) is 2.91. The Morgan fingerprint density at radius 2 is 2.04 bits per heavy atom. The van der Waals surface area contributed by atoms with Crippen LogP contribution < -0.4 is 4.87 Å². The van der Waals surface area contributed by atoms with Crippen LogP contribution in [0.4, 0.5) is 4.39 Å². The van der Waals surface area contributed by atoms with E-state index in [0.717, 1.165) is 17.0 Å². The largest absolute Gasteiger partial charge is 0.456 e. The molecule has 0 aliphatic carbocycles. The highest BCUT2D eigenvalue weighted by molar-refractivity contribution is 7.07. The predicted octanol–water partition coefficient (Wildman–Crippen LogP) is 1.95. The number of aryl methyl sites for hydroxylation is 1. The van der Waals surface area contributed by atoms with E-state index in [4.69, 9.17) is 4.74 Å². The molecule has 0 saturated carbocycles. The van der Waals surface area contributed by atoms with Crippen molar-refractivity contribution < 1.29 is 18.7 Å². The Balaban J connectivity index is 1.78. The molecule has 2 rings (SSSR count). The second-order valence-electron chi connectivity index (χ2n) is 5.55. The summed E-state index contributed by atoms with van der Waals surface area (Å²) >= 11 is 1.07. The summed E-state index contributed by atoms with van der Waals surface area (Å²) in [5.41, 5.74) is 1.17. The number of halogens is 1. The van der Waals surface area contributed by atoms with E-state index in [1.807, 2.05) is 0 Å². The van der Waals surface area contributed by atoms with E-state index in [2.05, 4.69) is 0 Å². The van der Waals surface area contributed by atoms with Crippen LogP contribution in [0.1, 0.15) is 17.7 Å². The van der Waals surface area contributed by atoms with Crippen molar-refractivity contribution in [2.24, 2.45) is 0 Å². The number of carbonyl (C=O) groups excluding carboxylic acids is 2. The third-order valence-electron chi connectivity index (χ3n) is 3.66. The van der Waals surface area contributed by atoms with Gasteiger partial charge in [-0.3, -0.25) is 14.4 Å². The lowest BCUT2D eigenvalue weighted by Crippen LogP contribution is -2.31. The molecule has 0 bridgehead atoms. The quantitative estimate of drug-likeness (QED) is 0.703. The van der Waals surface area contributed by atoms with Gasteiger partial charge in [0, 0.05) is 36.8 Å². The maximum absolute atomic E-state index is 13.6. The van der Waals surface area contributed by atoms with Crippen molar-refractivity contribution in [1.82, 2.24) is 9.47 Å². The normalized spacial score (nSPS) is 10.5. The fraction of sp³-hybridized carbons (Fsp3) is 0.353. The Labute approximate surface area is 148 Å². The molecule has 0 unspecified atom stereocenters. The smallest absolute Gasteiger partial charge is 0.308 e. The fourth-order valence-corrected chi connectivity index (χ4v) is 2.93. The van der Waals surface area contributed by atoms with Crippen molar-refractivity contribution >= 4 is 23.2 Å². The number of amides is 1. The van der Waals surface area contributed by atoms with E-state index in [-0.39, 0.29) is 24.4 Å². The Bertz CT molecular complexity index is 815. The van der Waals surface area contributed by atoms with Crippen molar-refractivity contribution in [2.75, 3.05) is 13.7 Å². The molecule has 1 amide bonds. The van der Waals surface area contributed by atoms with E-state index in [1.54, 1.807) is 30.5 Å². The number of nitrogens with zero attached hydrogens (tertiary/aromatic N) is 2. The second-order valence-corrected chi connectivity index (χ2v) is 6.37. The SMILES string of the molecule is Cc1csc(=O)n1CCC(=O)OCC(=O)N(C)Cc1ccccc1F. The Hall–Kier alpha value is -2.48. The first-order chi connectivity index (χ1) is 11.9. The number of thiazole rings is 1. The van der Waals surface area contributed by atoms with Crippen molar-refractivity contribution in [1.29, 1.82) is 0 Å². The molecule has 0 fully saturated rings. The van der Waals surface area contributed by atoms with Gasteiger partial charge < -0.3 is 14.2 Å². The first-order valence-electron chi connectivity index (χ1n) is 7.66. The Kier molecular flexibility index (Phi) is 6.46. The van der Waals surface area contributed by atoms with Gasteiger partial charge in [-0.05, 0) is 13.0 Å². The summed E-state index contributed by atoms with van der Waals surface area (Å²) in [6.45, 7) is 1.67. The lowest BCUT2D eigenvalue weighted by molar-refractivity contribution is -0.151. The van der Waals surface area contributed by atoms with Gasteiger partial charge in [0.2, 0.25) is 0 Å². The maximum Gasteiger partial charge on any atom is 0.308 e. The minimum atomic E-state index is -0.565. The molecule has 1 aromatic carbocycles. The highest BCUT2D eigenvalue weighted by Gasteiger charge is 2.14. The molecule has 1 aromatic heterocycles. The summed E-state index contributed by atoms with van der Waals surface area (Å²) in [4.78, 5) is 36.4. The number of rotatable bonds is 7. The highest BCUT2D eigenvalue weighted by atomic mass is 32.1. The van der Waals surface area contributed by atoms with Crippen molar-refractivity contribution in [2.45, 2.75) is 26.4 Å². The van der Waals surface area contributed by atoms with Crippen LogP contribution in [0.25, 0.3) is 0 Å². The molecule has 0 atom stereocenters. The van der Waals surface area contributed by atoms with E-state index in [0.29, 0.717) is 5.56 Å². The van der Waals surface area contributed by atoms with E-state index in [9.17, 15) is 18.8 Å². The molecule has 25 heavy (non-hydrogen) atoms. The van der Waals surface area contributed by atoms with Crippen LogP contribution in [-0.4, -0.2) is 35.0 Å². The topological polar surface area (TPSA) is 68.6 Å². The first kappa shape index (κ1) is 18.9. The molecule has 0 radical (unpaired) electrons. The zero-order chi connectivity index (χ0) is 18.4. The predicted molar refractivity (Wildman–Crippen MR) is 91.8 cm³/mol. The number of aromatic nitrogens is 1. The third kappa shape index (κ3) is 5.25. The molecule has 0 spiro atoms. The van der Waals surface area contributed by atoms with Gasteiger partial charge in [-0.1, -0.05) is 29.5 Å². The summed E-state index contributed by atoms with van der Waals surface area (Å²) in [5, 5.41) is 1.72. The number of hydrogen-bond donors (Lipinski definition) is 0. The van der Waals surface area contributed by atoms with Gasteiger partial charge in [0.05, 0.1) is 6.42 Å². The Morgan fingerprint density at radius 1 is 1.32 bits per heavy atom. The van der Waals surface area contributed by atoms with Crippen molar-refractivity contribution in [3.63, 3.8) is 0 Å². The molecule has 1 heterocycles. The van der Waals surface area contributed by atoms with Gasteiger partial charge in [-0.2, -0.15) is 0 Å². The second kappa shape index (κ2) is 8.57. The van der Waals surface area contributed by atoms with Gasteiger partial charge >= 0.3 is 10.8 Å². The van der Waals surface area contributed by atoms with Crippen LogP contribution in [0, 0.1) is 12.7 Å². The lowest BCUT2D eigenvalue weighted by atomic mass is 10.2. The van der Waals surface area contributed by atoms with Gasteiger partial charge in [0.15, 0.2) is 6.61 Å². The van der Waals surface area contributed by atoms with E-state index >= 15 is 0 Å². The van der Waals surface area contributed by atoms with Gasteiger partial charge in [-0.15, -0.1) is 0 Å². The van der Waals surface area contributed by atoms with Crippen LogP contribution in [0.3, 0.4) is 0 Å². The van der Waals surface area contributed by atoms with E-state index < -0.39 is 24.3 Å². The van der Waals surface area contributed by atoms with Crippen molar-refractivity contribution in [3.05, 3.63) is 56.4 Å². The molecule has 6 nitrogen and oxygen atoms in total. The summed E-state index contributed by atoms with van der Waals surface area (Å²) < 4.78 is 20.0. The number of ether oxygens (including phenoxy) is 1. The molecule has 8 heteroatoms. The molecule has 2 aromatic rings. The number of carbonyl (C=O) groups is 2. The number of hydrogen-bond acceptors (Lipinski definition) is 5. The molecule has 0 saturated heterocycles. The molecular formula is C17H19FN2O4S. The van der Waals surface area contributed by atoms with Gasteiger partial charge in [0.25, 0.3) is 5.91 Å². The summed E-state index contributed by atoms with van der Waals surface area (Å²) in [5.74, 6) is -1.39. The molecule has 0 aliphatic rings. The standard InChI is InChI=1S/C17H19FN2O4S/c1-12-11-25-17(23)20(12)8-7-16(22)24-10-15(21)19(2)9-13-5-3-4-6-14(13)18/h3-6,11H,7-10H2,1-2H3. The summed E-state index contributed by atoms with van der Waals surface area (Å²) in [6.07, 6.45) is 0.00177. The molecule has 0 aliphatic heterocycles. The van der Waals surface area contributed by atoms with Crippen LogP contribution in [0.15, 0.2) is 34.4 Å². The van der Waals surface area contributed by atoms with Crippen LogP contribution in [-0.2, 0) is 27.4 Å². The van der Waals surface area contributed by atoms with E-state index in [1.165, 1.54) is 22.6 Å². The van der Waals surface area contributed by atoms with Crippen LogP contribution >= 0.6 is 11.3 Å². The number of benzene rings is 1. The zero-order valence-corrected chi connectivity index (χ0v) is 14.8. The lowest BCUT2D eigenvalue weighted by Gasteiger charge is -2.17. The minimum absolute atomic E-state index is 0.00177. The first-order valence-corrected chi connectivity index (χ1v) is 8.54. The number of likely N-dealkylation sites (N-methyl/N-ethyl adjacent to an activating group) is 1. The molecule has 0 N–H and O–H groups in total. The van der Waals surface area contributed by atoms with Crippen molar-refractivity contribution in [3.8, 4) is 0 Å².